The largest absolute Gasteiger partial charge is 0.385 e. The van der Waals surface area contributed by atoms with E-state index >= 15 is 0 Å². The summed E-state index contributed by atoms with van der Waals surface area (Å²) in [6.07, 6.45) is 0.911. The molecule has 2 N–H and O–H groups in total. The zero-order valence-corrected chi connectivity index (χ0v) is 11.1. The van der Waals surface area contributed by atoms with Crippen LogP contribution in [0.15, 0.2) is 24.3 Å². The molecule has 0 heterocycles. The molecule has 1 rings (SSSR count). The lowest BCUT2D eigenvalue weighted by Gasteiger charge is -2.22. The number of ether oxygens (including phenoxy) is 1. The van der Waals surface area contributed by atoms with Crippen molar-refractivity contribution < 1.29 is 4.74 Å². The van der Waals surface area contributed by atoms with Crippen LogP contribution >= 0.6 is 0 Å². The number of methoxy groups -OCH3 is 1. The molecule has 0 aliphatic heterocycles. The highest BCUT2D eigenvalue weighted by molar-refractivity contribution is 5.25. The number of nitrogens with two attached hydrogens (primary N) is 1. The van der Waals surface area contributed by atoms with Gasteiger partial charge in [0, 0.05) is 32.8 Å². The number of aryl methyl sites for hydroxylation is 1. The highest BCUT2D eigenvalue weighted by Crippen LogP contribution is 2.09. The minimum atomic E-state index is 0.184. The van der Waals surface area contributed by atoms with Crippen LogP contribution in [0.1, 0.15) is 17.5 Å². The van der Waals surface area contributed by atoms with Crippen LogP contribution in [0.5, 0.6) is 0 Å². The second-order valence-corrected chi connectivity index (χ2v) is 4.66. The van der Waals surface area contributed by atoms with Crippen molar-refractivity contribution >= 4 is 0 Å². The van der Waals surface area contributed by atoms with E-state index in [0.717, 1.165) is 26.1 Å². The third-order valence-corrected chi connectivity index (χ3v) is 2.94. The van der Waals surface area contributed by atoms with Crippen molar-refractivity contribution in [3.8, 4) is 0 Å². The summed E-state index contributed by atoms with van der Waals surface area (Å²) in [6, 6.07) is 8.66. The van der Waals surface area contributed by atoms with Gasteiger partial charge in [0.1, 0.15) is 0 Å². The van der Waals surface area contributed by atoms with Gasteiger partial charge in [-0.1, -0.05) is 24.3 Å². The van der Waals surface area contributed by atoms with E-state index in [1.54, 1.807) is 7.11 Å². The fourth-order valence-electron chi connectivity index (χ4n) is 1.90. The average Bonchev–Trinajstić information content (AvgIpc) is 2.29. The minimum absolute atomic E-state index is 0.184. The summed E-state index contributed by atoms with van der Waals surface area (Å²) in [5.74, 6) is 0. The molecule has 0 saturated heterocycles. The molecule has 0 saturated carbocycles. The monoisotopic (exact) mass is 236 g/mol. The summed E-state index contributed by atoms with van der Waals surface area (Å²) in [7, 11) is 3.82. The molecule has 0 radical (unpaired) electrons. The van der Waals surface area contributed by atoms with E-state index in [9.17, 15) is 0 Å². The number of benzene rings is 1. The summed E-state index contributed by atoms with van der Waals surface area (Å²) in [4.78, 5) is 2.27. The van der Waals surface area contributed by atoms with E-state index in [1.807, 2.05) is 0 Å². The van der Waals surface area contributed by atoms with Crippen LogP contribution in [0.25, 0.3) is 0 Å². The Morgan fingerprint density at radius 2 is 2.06 bits per heavy atom. The normalized spacial score (nSPS) is 13.0. The van der Waals surface area contributed by atoms with Crippen LogP contribution in [0, 0.1) is 6.92 Å². The predicted octanol–water partition coefficient (Wildman–Crippen LogP) is 1.79. The number of nitrogens with zero attached hydrogens (tertiary/aromatic N) is 1. The van der Waals surface area contributed by atoms with Gasteiger partial charge in [-0.05, 0) is 31.5 Å². The average molecular weight is 236 g/mol. The molecule has 1 aromatic rings. The molecule has 0 spiro atoms. The Hall–Kier alpha value is -0.900. The van der Waals surface area contributed by atoms with Crippen LogP contribution in [-0.4, -0.2) is 38.3 Å². The third kappa shape index (κ3) is 5.31. The van der Waals surface area contributed by atoms with Crippen molar-refractivity contribution in [2.45, 2.75) is 25.9 Å². The summed E-state index contributed by atoms with van der Waals surface area (Å²) in [6.45, 7) is 4.73. The Labute approximate surface area is 105 Å². The van der Waals surface area contributed by atoms with Crippen molar-refractivity contribution in [2.24, 2.45) is 5.73 Å². The van der Waals surface area contributed by atoms with E-state index in [2.05, 4.69) is 43.1 Å². The molecule has 1 atom stereocenters. The van der Waals surface area contributed by atoms with Gasteiger partial charge in [0.25, 0.3) is 0 Å². The van der Waals surface area contributed by atoms with Gasteiger partial charge in [-0.25, -0.2) is 0 Å². The fourth-order valence-corrected chi connectivity index (χ4v) is 1.90. The first-order chi connectivity index (χ1) is 8.13. The van der Waals surface area contributed by atoms with E-state index in [0.29, 0.717) is 0 Å². The van der Waals surface area contributed by atoms with Gasteiger partial charge in [0.15, 0.2) is 0 Å². The Morgan fingerprint density at radius 3 is 2.71 bits per heavy atom. The minimum Gasteiger partial charge on any atom is -0.385 e. The maximum absolute atomic E-state index is 6.03. The topological polar surface area (TPSA) is 38.5 Å². The van der Waals surface area contributed by atoms with Gasteiger partial charge in [0.2, 0.25) is 0 Å². The molecule has 0 amide bonds. The van der Waals surface area contributed by atoms with Crippen LogP contribution < -0.4 is 5.73 Å². The zero-order chi connectivity index (χ0) is 12.7. The first kappa shape index (κ1) is 14.2. The zero-order valence-electron chi connectivity index (χ0n) is 11.1. The van der Waals surface area contributed by atoms with Gasteiger partial charge in [-0.15, -0.1) is 0 Å². The number of likely N-dealkylation sites (N-methyl/N-ethyl adjacent to an activating group) is 1. The molecular weight excluding hydrogens is 212 g/mol. The Balaban J connectivity index is 2.39. The molecule has 0 bridgehead atoms. The number of hydrogen-bond acceptors (Lipinski definition) is 3. The maximum Gasteiger partial charge on any atom is 0.0477 e. The lowest BCUT2D eigenvalue weighted by atomic mass is 10.1. The molecule has 96 valence electrons. The van der Waals surface area contributed by atoms with E-state index in [1.165, 1.54) is 11.1 Å². The van der Waals surface area contributed by atoms with Crippen molar-refractivity contribution in [1.29, 1.82) is 0 Å². The third-order valence-electron chi connectivity index (χ3n) is 2.94. The van der Waals surface area contributed by atoms with Crippen LogP contribution in [0.2, 0.25) is 0 Å². The molecule has 3 heteroatoms. The molecule has 1 aromatic carbocycles. The standard InChI is InChI=1S/C14H24N2O/c1-12-6-4-5-7-13(12)10-16(2)11-14(15)8-9-17-3/h4-7,14H,8-11,15H2,1-3H3. The summed E-state index contributed by atoms with van der Waals surface area (Å²) in [5, 5.41) is 0. The molecule has 0 fully saturated rings. The van der Waals surface area contributed by atoms with Crippen molar-refractivity contribution in [1.82, 2.24) is 4.90 Å². The molecule has 0 aliphatic carbocycles. The molecule has 3 nitrogen and oxygen atoms in total. The molecule has 0 aliphatic rings. The van der Waals surface area contributed by atoms with Crippen molar-refractivity contribution in [2.75, 3.05) is 27.3 Å². The van der Waals surface area contributed by atoms with Gasteiger partial charge in [-0.3, -0.25) is 0 Å². The lowest BCUT2D eigenvalue weighted by molar-refractivity contribution is 0.179. The smallest absolute Gasteiger partial charge is 0.0477 e. The number of hydrogen-bond donors (Lipinski definition) is 1. The first-order valence-corrected chi connectivity index (χ1v) is 6.11. The van der Waals surface area contributed by atoms with E-state index in [-0.39, 0.29) is 6.04 Å². The molecule has 17 heavy (non-hydrogen) atoms. The second kappa shape index (κ2) is 7.43. The fraction of sp³-hybridized carbons (Fsp3) is 0.571. The van der Waals surface area contributed by atoms with E-state index < -0.39 is 0 Å². The Bertz CT molecular complexity index is 328. The quantitative estimate of drug-likeness (QED) is 0.784. The van der Waals surface area contributed by atoms with Crippen LogP contribution in [0.3, 0.4) is 0 Å². The summed E-state index contributed by atoms with van der Waals surface area (Å²) >= 11 is 0. The van der Waals surface area contributed by atoms with Crippen molar-refractivity contribution in [3.63, 3.8) is 0 Å². The van der Waals surface area contributed by atoms with Gasteiger partial charge < -0.3 is 15.4 Å². The summed E-state index contributed by atoms with van der Waals surface area (Å²) < 4.78 is 5.03. The second-order valence-electron chi connectivity index (χ2n) is 4.66. The molecule has 0 aromatic heterocycles. The maximum atomic E-state index is 6.03. The predicted molar refractivity (Wildman–Crippen MR) is 72.0 cm³/mol. The lowest BCUT2D eigenvalue weighted by Crippen LogP contribution is -2.35. The first-order valence-electron chi connectivity index (χ1n) is 6.11. The Morgan fingerprint density at radius 1 is 1.35 bits per heavy atom. The van der Waals surface area contributed by atoms with Crippen LogP contribution in [-0.2, 0) is 11.3 Å². The summed E-state index contributed by atoms with van der Waals surface area (Å²) in [5.41, 5.74) is 8.74. The van der Waals surface area contributed by atoms with E-state index in [4.69, 9.17) is 10.5 Å². The van der Waals surface area contributed by atoms with Crippen LogP contribution in [0.4, 0.5) is 0 Å². The number of rotatable bonds is 7. The van der Waals surface area contributed by atoms with Gasteiger partial charge in [0.05, 0.1) is 0 Å². The SMILES string of the molecule is COCCC(N)CN(C)Cc1ccccc1C. The van der Waals surface area contributed by atoms with Crippen molar-refractivity contribution in [3.05, 3.63) is 35.4 Å². The highest BCUT2D eigenvalue weighted by atomic mass is 16.5. The highest BCUT2D eigenvalue weighted by Gasteiger charge is 2.08. The molecular formula is C14H24N2O. The Kier molecular flexibility index (Phi) is 6.19. The van der Waals surface area contributed by atoms with Gasteiger partial charge in [-0.2, -0.15) is 0 Å². The molecule has 1 unspecified atom stereocenters. The van der Waals surface area contributed by atoms with Gasteiger partial charge >= 0.3 is 0 Å².